The Morgan fingerprint density at radius 2 is 1.59 bits per heavy atom. The van der Waals surface area contributed by atoms with Gasteiger partial charge in [0, 0.05) is 0 Å². The lowest BCUT2D eigenvalue weighted by Gasteiger charge is -2.38. The predicted molar refractivity (Wildman–Crippen MR) is 54.2 cm³/mol. The third-order valence-electron chi connectivity index (χ3n) is 1.63. The van der Waals surface area contributed by atoms with Gasteiger partial charge in [-0.15, -0.1) is 0 Å². The van der Waals surface area contributed by atoms with Crippen molar-refractivity contribution in [1.29, 1.82) is 0 Å². The minimum atomic E-state index is -9.73. The van der Waals surface area contributed by atoms with Crippen molar-refractivity contribution in [2.24, 2.45) is 0 Å². The maximum absolute atomic E-state index is 11.9. The molecule has 0 radical (unpaired) electrons. The van der Waals surface area contributed by atoms with Crippen LogP contribution >= 0.6 is 10.2 Å². The minimum absolute atomic E-state index is 0.419. The molecule has 0 bridgehead atoms. The molecule has 0 amide bonds. The van der Waals surface area contributed by atoms with E-state index >= 15 is 0 Å². The number of hydrogen-bond acceptors (Lipinski definition) is 2. The van der Waals surface area contributed by atoms with Crippen LogP contribution in [0.3, 0.4) is 0 Å². The molecule has 1 aromatic carbocycles. The normalized spacial score (nSPS) is 15.8. The Bertz CT molecular complexity index is 413. The Kier molecular flexibility index (Phi) is 2.91. The lowest BCUT2D eigenvalue weighted by atomic mass is 10.2. The summed E-state index contributed by atoms with van der Waals surface area (Å²) in [5, 5.41) is 0. The number of esters is 1. The van der Waals surface area contributed by atoms with E-state index in [1.165, 1.54) is 12.1 Å². The van der Waals surface area contributed by atoms with Crippen molar-refractivity contribution in [2.75, 3.05) is 5.75 Å². The zero-order chi connectivity index (χ0) is 13.2. The van der Waals surface area contributed by atoms with Gasteiger partial charge < -0.3 is 4.74 Å². The molecule has 1 aromatic rings. The molecule has 0 aromatic heterocycles. The van der Waals surface area contributed by atoms with Crippen molar-refractivity contribution < 1.29 is 29.0 Å². The standard InChI is InChI=1S/C9H9F5O2S/c10-17(11,12,13,14)7-9(15)16-6-8-4-2-1-3-5-8/h1-5H,6-7H2. The van der Waals surface area contributed by atoms with E-state index in [-0.39, 0.29) is 0 Å². The number of benzene rings is 1. The van der Waals surface area contributed by atoms with Crippen LogP contribution < -0.4 is 0 Å². The predicted octanol–water partition coefficient (Wildman–Crippen LogP) is 4.03. The van der Waals surface area contributed by atoms with Crippen molar-refractivity contribution in [1.82, 2.24) is 0 Å². The van der Waals surface area contributed by atoms with Gasteiger partial charge in [0.15, 0.2) is 5.75 Å². The molecule has 0 spiro atoms. The van der Waals surface area contributed by atoms with Gasteiger partial charge in [-0.2, -0.15) is 0 Å². The third-order valence-corrected chi connectivity index (χ3v) is 2.41. The van der Waals surface area contributed by atoms with Gasteiger partial charge in [-0.25, -0.2) is 0 Å². The fourth-order valence-electron chi connectivity index (χ4n) is 1.00. The SMILES string of the molecule is O=C(CS(F)(F)(F)(F)F)OCc1ccccc1. The summed E-state index contributed by atoms with van der Waals surface area (Å²) in [5.74, 6) is -4.81. The fourth-order valence-corrected chi connectivity index (χ4v) is 1.53. The van der Waals surface area contributed by atoms with E-state index in [9.17, 15) is 24.2 Å². The quantitative estimate of drug-likeness (QED) is 0.613. The van der Waals surface area contributed by atoms with E-state index in [4.69, 9.17) is 0 Å². The van der Waals surface area contributed by atoms with Gasteiger partial charge in [0.25, 0.3) is 10.2 Å². The van der Waals surface area contributed by atoms with Gasteiger partial charge in [-0.1, -0.05) is 49.8 Å². The Morgan fingerprint density at radius 1 is 1.06 bits per heavy atom. The van der Waals surface area contributed by atoms with Gasteiger partial charge >= 0.3 is 5.97 Å². The molecule has 0 aliphatic carbocycles. The molecule has 98 valence electrons. The van der Waals surface area contributed by atoms with Gasteiger partial charge in [-0.05, 0) is 5.56 Å². The Morgan fingerprint density at radius 3 is 2.06 bits per heavy atom. The first-order chi connectivity index (χ1) is 7.45. The average molecular weight is 276 g/mol. The molecular weight excluding hydrogens is 267 g/mol. The monoisotopic (exact) mass is 276 g/mol. The average Bonchev–Trinajstić information content (AvgIpc) is 2.11. The van der Waals surface area contributed by atoms with Crippen LogP contribution in [-0.2, 0) is 16.1 Å². The van der Waals surface area contributed by atoms with Gasteiger partial charge in [0.1, 0.15) is 6.61 Å². The van der Waals surface area contributed by atoms with E-state index in [0.717, 1.165) is 0 Å². The number of ether oxygens (including phenoxy) is 1. The summed E-state index contributed by atoms with van der Waals surface area (Å²) in [6.45, 7) is -0.465. The molecule has 0 unspecified atom stereocenters. The molecule has 0 aliphatic heterocycles. The molecule has 0 saturated heterocycles. The van der Waals surface area contributed by atoms with Crippen LogP contribution in [0.25, 0.3) is 0 Å². The zero-order valence-corrected chi connectivity index (χ0v) is 9.23. The van der Waals surface area contributed by atoms with Crippen LogP contribution in [0, 0.1) is 0 Å². The first-order valence-electron chi connectivity index (χ1n) is 4.37. The molecular formula is C9H9F5O2S. The van der Waals surface area contributed by atoms with Gasteiger partial charge in [-0.3, -0.25) is 4.79 Å². The molecule has 0 N–H and O–H groups in total. The second-order valence-corrected chi connectivity index (χ2v) is 5.97. The number of halogens is 5. The second-order valence-electron chi connectivity index (χ2n) is 3.42. The highest BCUT2D eigenvalue weighted by Crippen LogP contribution is 2.97. The summed E-state index contributed by atoms with van der Waals surface area (Å²) in [4.78, 5) is 10.6. The van der Waals surface area contributed by atoms with Crippen LogP contribution in [-0.4, -0.2) is 11.7 Å². The molecule has 17 heavy (non-hydrogen) atoms. The van der Waals surface area contributed by atoms with Crippen molar-refractivity contribution in [3.8, 4) is 0 Å². The largest absolute Gasteiger partial charge is 0.460 e. The molecule has 0 saturated carbocycles. The molecule has 0 aliphatic rings. The van der Waals surface area contributed by atoms with Crippen LogP contribution in [0.4, 0.5) is 19.4 Å². The third kappa shape index (κ3) is 6.77. The van der Waals surface area contributed by atoms with Crippen molar-refractivity contribution in [2.45, 2.75) is 6.61 Å². The minimum Gasteiger partial charge on any atom is -0.460 e. The fraction of sp³-hybridized carbons (Fsp3) is 0.222. The summed E-state index contributed by atoms with van der Waals surface area (Å²) in [5.41, 5.74) is 0.419. The highest BCUT2D eigenvalue weighted by molar-refractivity contribution is 8.46. The van der Waals surface area contributed by atoms with E-state index in [1.807, 2.05) is 0 Å². The van der Waals surface area contributed by atoms with Crippen LogP contribution in [0.15, 0.2) is 30.3 Å². The summed E-state index contributed by atoms with van der Waals surface area (Å²) in [7, 11) is -9.73. The van der Waals surface area contributed by atoms with Crippen molar-refractivity contribution in [3.05, 3.63) is 35.9 Å². The molecule has 2 nitrogen and oxygen atoms in total. The van der Waals surface area contributed by atoms with E-state index in [2.05, 4.69) is 4.74 Å². The topological polar surface area (TPSA) is 26.3 Å². The molecule has 0 heterocycles. The van der Waals surface area contributed by atoms with Crippen LogP contribution in [0.5, 0.6) is 0 Å². The number of hydrogen-bond donors (Lipinski definition) is 0. The molecule has 0 atom stereocenters. The molecule has 8 heteroatoms. The maximum atomic E-state index is 11.9. The highest BCUT2D eigenvalue weighted by Gasteiger charge is 2.65. The van der Waals surface area contributed by atoms with Crippen LogP contribution in [0.1, 0.15) is 5.56 Å². The van der Waals surface area contributed by atoms with E-state index in [0.29, 0.717) is 5.56 Å². The number of carbonyl (C=O) groups excluding carboxylic acids is 1. The summed E-state index contributed by atoms with van der Waals surface area (Å²) < 4.78 is 63.6. The van der Waals surface area contributed by atoms with Gasteiger partial charge in [0.2, 0.25) is 0 Å². The number of rotatable bonds is 4. The summed E-state index contributed by atoms with van der Waals surface area (Å²) in [6.07, 6.45) is 0. The van der Waals surface area contributed by atoms with Crippen molar-refractivity contribution >= 4 is 16.2 Å². The van der Waals surface area contributed by atoms with Crippen molar-refractivity contribution in [3.63, 3.8) is 0 Å². The Labute approximate surface area is 94.1 Å². The molecule has 0 fully saturated rings. The number of carbonyl (C=O) groups is 1. The first kappa shape index (κ1) is 13.8. The molecule has 1 rings (SSSR count). The lowest BCUT2D eigenvalue weighted by molar-refractivity contribution is -0.142. The van der Waals surface area contributed by atoms with E-state index in [1.54, 1.807) is 18.2 Å². The summed E-state index contributed by atoms with van der Waals surface area (Å²) in [6, 6.07) is 7.79. The summed E-state index contributed by atoms with van der Waals surface area (Å²) >= 11 is 0. The van der Waals surface area contributed by atoms with Crippen LogP contribution in [0.2, 0.25) is 0 Å². The van der Waals surface area contributed by atoms with Gasteiger partial charge in [0.05, 0.1) is 0 Å². The maximum Gasteiger partial charge on any atom is 0.325 e. The van der Waals surface area contributed by atoms with E-state index < -0.39 is 28.6 Å². The first-order valence-corrected chi connectivity index (χ1v) is 6.50. The Balaban J connectivity index is 2.54. The Hall–Kier alpha value is -1.31. The smallest absolute Gasteiger partial charge is 0.325 e. The second kappa shape index (κ2) is 3.59. The zero-order valence-electron chi connectivity index (χ0n) is 8.42. The lowest BCUT2D eigenvalue weighted by Crippen LogP contribution is -2.21. The highest BCUT2D eigenvalue weighted by atomic mass is 32.5.